The molecule has 0 radical (unpaired) electrons. The number of halogens is 2. The number of aliphatic hydroxyl groups excluding tert-OH is 1. The number of methoxy groups -OCH3 is 1. The van der Waals surface area contributed by atoms with Crippen LogP contribution in [0.15, 0.2) is 30.5 Å². The first kappa shape index (κ1) is 25.6. The van der Waals surface area contributed by atoms with Gasteiger partial charge in [-0.25, -0.2) is 4.39 Å². The molecule has 3 N–H and O–H groups in total. The van der Waals surface area contributed by atoms with E-state index in [0.717, 1.165) is 6.07 Å². The number of pyridine rings is 1. The Labute approximate surface area is 186 Å². The van der Waals surface area contributed by atoms with Crippen molar-refractivity contribution < 1.29 is 33.3 Å². The van der Waals surface area contributed by atoms with Crippen molar-refractivity contribution in [1.82, 2.24) is 4.98 Å². The van der Waals surface area contributed by atoms with Crippen LogP contribution in [0.2, 0.25) is 0 Å². The first-order chi connectivity index (χ1) is 15.0. The third-order valence-electron chi connectivity index (χ3n) is 5.86. The molecule has 1 fully saturated rings. The summed E-state index contributed by atoms with van der Waals surface area (Å²) in [6.07, 6.45) is 1.98. The average molecular weight is 452 g/mol. The van der Waals surface area contributed by atoms with Gasteiger partial charge in [0.05, 0.1) is 31.6 Å². The standard InChI is InChI=1S/C14H18F2O2.C9H12N2O3/c1-8-10(7-18-14(8,2)3)9-5-6-11(15)12(16)13(9)17-4;1-9(14,5-12)8-4-7(11-6-13)2-3-10-8/h5-6,8,10H,7H2,1-4H3;2-4,6,12,14H,5H2,1H3,(H,10,11,13)/t;9-/m.1/s1. The van der Waals surface area contributed by atoms with Crippen molar-refractivity contribution in [3.05, 3.63) is 53.4 Å². The molecule has 0 aliphatic carbocycles. The minimum Gasteiger partial charge on any atom is -0.493 e. The van der Waals surface area contributed by atoms with E-state index >= 15 is 0 Å². The van der Waals surface area contributed by atoms with Crippen LogP contribution >= 0.6 is 0 Å². The Bertz CT molecular complexity index is 937. The van der Waals surface area contributed by atoms with Crippen LogP contribution in [0, 0.1) is 17.6 Å². The van der Waals surface area contributed by atoms with E-state index in [4.69, 9.17) is 14.6 Å². The zero-order chi connectivity index (χ0) is 24.1. The number of nitrogens with zero attached hydrogens (tertiary/aromatic N) is 1. The monoisotopic (exact) mass is 452 g/mol. The molecule has 176 valence electrons. The molecule has 1 aromatic heterocycles. The number of rotatable bonds is 6. The fourth-order valence-corrected chi connectivity index (χ4v) is 3.43. The second-order valence-electron chi connectivity index (χ2n) is 8.42. The lowest BCUT2D eigenvalue weighted by molar-refractivity contribution is -0.105. The maximum absolute atomic E-state index is 13.7. The number of nitrogens with one attached hydrogen (secondary N) is 1. The van der Waals surface area contributed by atoms with Gasteiger partial charge < -0.3 is 25.0 Å². The van der Waals surface area contributed by atoms with Crippen molar-refractivity contribution in [2.75, 3.05) is 25.6 Å². The molecule has 9 heteroatoms. The van der Waals surface area contributed by atoms with Crippen LogP contribution in [0.5, 0.6) is 5.75 Å². The second kappa shape index (κ2) is 10.3. The largest absolute Gasteiger partial charge is 0.493 e. The van der Waals surface area contributed by atoms with Crippen LogP contribution in [-0.4, -0.2) is 47.5 Å². The lowest BCUT2D eigenvalue weighted by Gasteiger charge is -2.25. The SMILES string of the molecule is COc1c(C2COC(C)(C)C2C)ccc(F)c1F.C[C@@](O)(CO)c1cc(NC=O)ccn1. The second-order valence-corrected chi connectivity index (χ2v) is 8.42. The van der Waals surface area contributed by atoms with Crippen molar-refractivity contribution in [1.29, 1.82) is 0 Å². The number of anilines is 1. The van der Waals surface area contributed by atoms with Gasteiger partial charge in [-0.05, 0) is 44.9 Å². The predicted octanol–water partition coefficient (Wildman–Crippen LogP) is 3.35. The van der Waals surface area contributed by atoms with Crippen LogP contribution in [0.3, 0.4) is 0 Å². The highest BCUT2D eigenvalue weighted by Gasteiger charge is 2.42. The van der Waals surface area contributed by atoms with Gasteiger partial charge in [-0.2, -0.15) is 4.39 Å². The Morgan fingerprint density at radius 2 is 2.06 bits per heavy atom. The van der Waals surface area contributed by atoms with Gasteiger partial charge in [-0.3, -0.25) is 9.78 Å². The zero-order valence-electron chi connectivity index (χ0n) is 18.9. The molecule has 3 rings (SSSR count). The van der Waals surface area contributed by atoms with Crippen molar-refractivity contribution >= 4 is 12.1 Å². The molecule has 1 saturated heterocycles. The number of amides is 1. The number of benzene rings is 1. The third kappa shape index (κ3) is 5.59. The number of carbonyl (C=O) groups excluding carboxylic acids is 1. The molecule has 32 heavy (non-hydrogen) atoms. The normalized spacial score (nSPS) is 21.2. The summed E-state index contributed by atoms with van der Waals surface area (Å²) >= 11 is 0. The molecule has 0 bridgehead atoms. The molecule has 1 aromatic carbocycles. The van der Waals surface area contributed by atoms with Gasteiger partial charge in [0.15, 0.2) is 11.6 Å². The van der Waals surface area contributed by atoms with Crippen LogP contribution in [0.4, 0.5) is 14.5 Å². The third-order valence-corrected chi connectivity index (χ3v) is 5.86. The van der Waals surface area contributed by atoms with Gasteiger partial charge >= 0.3 is 0 Å². The summed E-state index contributed by atoms with van der Waals surface area (Å²) in [4.78, 5) is 14.1. The molecular formula is C23H30F2N2O5. The van der Waals surface area contributed by atoms with Gasteiger partial charge in [0, 0.05) is 23.4 Å². The zero-order valence-corrected chi connectivity index (χ0v) is 18.9. The van der Waals surface area contributed by atoms with E-state index in [1.54, 1.807) is 12.1 Å². The van der Waals surface area contributed by atoms with Gasteiger partial charge in [0.1, 0.15) is 5.60 Å². The minimum absolute atomic E-state index is 0.00634. The molecule has 1 amide bonds. The number of hydrogen-bond acceptors (Lipinski definition) is 6. The van der Waals surface area contributed by atoms with Crippen LogP contribution in [-0.2, 0) is 15.1 Å². The number of aliphatic hydroxyl groups is 2. The molecule has 3 atom stereocenters. The highest BCUT2D eigenvalue weighted by Crippen LogP contribution is 2.45. The van der Waals surface area contributed by atoms with Crippen molar-refractivity contribution in [3.8, 4) is 5.75 Å². The van der Waals surface area contributed by atoms with Gasteiger partial charge in [0.2, 0.25) is 12.2 Å². The smallest absolute Gasteiger partial charge is 0.211 e. The highest BCUT2D eigenvalue weighted by molar-refractivity contribution is 5.71. The lowest BCUT2D eigenvalue weighted by Crippen LogP contribution is -2.27. The van der Waals surface area contributed by atoms with Crippen LogP contribution in [0.25, 0.3) is 0 Å². The minimum atomic E-state index is -1.39. The van der Waals surface area contributed by atoms with Crippen molar-refractivity contribution in [2.24, 2.45) is 5.92 Å². The van der Waals surface area contributed by atoms with E-state index < -0.39 is 23.8 Å². The molecule has 2 unspecified atom stereocenters. The van der Waals surface area contributed by atoms with Crippen molar-refractivity contribution in [3.63, 3.8) is 0 Å². The Morgan fingerprint density at radius 3 is 2.59 bits per heavy atom. The molecular weight excluding hydrogens is 422 g/mol. The van der Waals surface area contributed by atoms with Crippen LogP contribution in [0.1, 0.15) is 44.9 Å². The first-order valence-electron chi connectivity index (χ1n) is 10.1. The van der Waals surface area contributed by atoms with Crippen molar-refractivity contribution in [2.45, 2.75) is 44.8 Å². The molecule has 1 aliphatic rings. The average Bonchev–Trinajstić information content (AvgIpc) is 3.03. The van der Waals surface area contributed by atoms with E-state index in [0.29, 0.717) is 30.0 Å². The highest BCUT2D eigenvalue weighted by atomic mass is 19.2. The molecule has 0 saturated carbocycles. The molecule has 7 nitrogen and oxygen atoms in total. The Hall–Kier alpha value is -2.62. The summed E-state index contributed by atoms with van der Waals surface area (Å²) in [7, 11) is 1.35. The maximum atomic E-state index is 13.7. The molecule has 1 aliphatic heterocycles. The predicted molar refractivity (Wildman–Crippen MR) is 115 cm³/mol. The van der Waals surface area contributed by atoms with Gasteiger partial charge in [0.25, 0.3) is 0 Å². The Balaban J connectivity index is 0.000000235. The molecule has 2 heterocycles. The maximum Gasteiger partial charge on any atom is 0.211 e. The first-order valence-corrected chi connectivity index (χ1v) is 10.1. The van der Waals surface area contributed by atoms with E-state index in [1.807, 2.05) is 13.8 Å². The van der Waals surface area contributed by atoms with E-state index in [2.05, 4.69) is 17.2 Å². The van der Waals surface area contributed by atoms with Gasteiger partial charge in [-0.15, -0.1) is 0 Å². The Morgan fingerprint density at radius 1 is 1.38 bits per heavy atom. The fraction of sp³-hybridized carbons (Fsp3) is 0.478. The summed E-state index contributed by atoms with van der Waals surface area (Å²) in [5.74, 6) is -1.59. The summed E-state index contributed by atoms with van der Waals surface area (Å²) in [5.41, 5.74) is -0.138. The number of ether oxygens (including phenoxy) is 2. The number of carbonyl (C=O) groups is 1. The number of hydrogen-bond donors (Lipinski definition) is 3. The van der Waals surface area contributed by atoms with Crippen LogP contribution < -0.4 is 10.1 Å². The fourth-order valence-electron chi connectivity index (χ4n) is 3.43. The lowest BCUT2D eigenvalue weighted by atomic mass is 9.81. The molecule has 0 spiro atoms. The topological polar surface area (TPSA) is 101 Å². The summed E-state index contributed by atoms with van der Waals surface area (Å²) in [6.45, 7) is 7.58. The van der Waals surface area contributed by atoms with E-state index in [1.165, 1.54) is 26.3 Å². The Kier molecular flexibility index (Phi) is 8.28. The summed E-state index contributed by atoms with van der Waals surface area (Å²) in [6, 6.07) is 5.82. The van der Waals surface area contributed by atoms with E-state index in [-0.39, 0.29) is 23.2 Å². The number of aromatic nitrogens is 1. The van der Waals surface area contributed by atoms with Gasteiger partial charge in [-0.1, -0.05) is 13.0 Å². The summed E-state index contributed by atoms with van der Waals surface area (Å²) < 4.78 is 37.6. The summed E-state index contributed by atoms with van der Waals surface area (Å²) in [5, 5.41) is 21.0. The quantitative estimate of drug-likeness (QED) is 0.581. The molecule has 2 aromatic rings. The van der Waals surface area contributed by atoms with E-state index in [9.17, 15) is 18.7 Å².